The van der Waals surface area contributed by atoms with E-state index in [4.69, 9.17) is 18.9 Å². The molecule has 0 radical (unpaired) electrons. The molecule has 2 aliphatic heterocycles. The smallest absolute Gasteiger partial charge is 0.302 e. The van der Waals surface area contributed by atoms with Gasteiger partial charge in [0.2, 0.25) is 5.91 Å². The van der Waals surface area contributed by atoms with E-state index in [0.717, 1.165) is 38.5 Å². The number of rotatable bonds is 17. The van der Waals surface area contributed by atoms with E-state index in [2.05, 4.69) is 58.2 Å². The predicted octanol–water partition coefficient (Wildman–Crippen LogP) is 5.13. The number of hydrogen-bond acceptors (Lipinski definition) is 7. The maximum Gasteiger partial charge on any atom is 0.302 e. The van der Waals surface area contributed by atoms with Gasteiger partial charge < -0.3 is 29.4 Å². The van der Waals surface area contributed by atoms with Crippen LogP contribution in [0.5, 0.6) is 0 Å². The van der Waals surface area contributed by atoms with Gasteiger partial charge in [-0.15, -0.1) is 0 Å². The summed E-state index contributed by atoms with van der Waals surface area (Å²) < 4.78 is 22.9. The number of carbonyl (C=O) groups excluding carboxylic acids is 2. The first kappa shape index (κ1) is 34.5. The Bertz CT molecular complexity index is 856. The monoisotopic (exact) mass is 565 g/mol. The van der Waals surface area contributed by atoms with Crippen LogP contribution in [0.15, 0.2) is 23.8 Å². The van der Waals surface area contributed by atoms with Crippen molar-refractivity contribution < 1.29 is 33.6 Å². The van der Waals surface area contributed by atoms with Gasteiger partial charge in [-0.2, -0.15) is 0 Å². The molecule has 0 unspecified atom stereocenters. The molecule has 0 aromatic rings. The maximum atomic E-state index is 12.3. The van der Waals surface area contributed by atoms with Crippen molar-refractivity contribution in [3.05, 3.63) is 23.8 Å². The summed E-state index contributed by atoms with van der Waals surface area (Å²) in [6.07, 6.45) is 11.7. The molecule has 40 heavy (non-hydrogen) atoms. The van der Waals surface area contributed by atoms with E-state index in [9.17, 15) is 14.7 Å². The minimum Gasteiger partial charge on any atom is -0.466 e. The topological polar surface area (TPSA) is 107 Å². The number of aliphatic hydroxyl groups excluding tert-OH is 1. The second-order valence-electron chi connectivity index (χ2n) is 12.3. The van der Waals surface area contributed by atoms with Crippen molar-refractivity contribution in [2.45, 2.75) is 130 Å². The SMILES string of the molecule is CO[C@H]([C@@H](C)[C@H]1O[C@]1(C)C[C@H](C)/C=C/C=C(\C)[C@H]1O[C@@H](CNC(=O)CCCCCOC(C)=O)CC[C@@H]1C)[C@@H](C)O. The highest BCUT2D eigenvalue weighted by Gasteiger charge is 2.56. The number of hydrogen-bond donors (Lipinski definition) is 2. The number of methoxy groups -OCH3 is 1. The summed E-state index contributed by atoms with van der Waals surface area (Å²) in [5, 5.41) is 13.0. The number of unbranched alkanes of at least 4 members (excludes halogenated alkanes) is 2. The normalized spacial score (nSPS) is 30.0. The van der Waals surface area contributed by atoms with Crippen LogP contribution in [-0.2, 0) is 28.5 Å². The molecule has 1 amide bonds. The fourth-order valence-electron chi connectivity index (χ4n) is 6.12. The molecule has 9 atom stereocenters. The largest absolute Gasteiger partial charge is 0.466 e. The summed E-state index contributed by atoms with van der Waals surface area (Å²) in [5.41, 5.74) is 0.996. The minimum absolute atomic E-state index is 0.0174. The fourth-order valence-corrected chi connectivity index (χ4v) is 6.12. The Morgan fingerprint density at radius 1 is 1.15 bits per heavy atom. The van der Waals surface area contributed by atoms with Crippen LogP contribution >= 0.6 is 0 Å². The first-order valence-electron chi connectivity index (χ1n) is 15.2. The lowest BCUT2D eigenvalue weighted by atomic mass is 9.85. The van der Waals surface area contributed by atoms with Crippen LogP contribution in [0, 0.1) is 17.8 Å². The zero-order valence-electron chi connectivity index (χ0n) is 26.1. The van der Waals surface area contributed by atoms with E-state index in [1.54, 1.807) is 14.0 Å². The zero-order chi connectivity index (χ0) is 29.9. The van der Waals surface area contributed by atoms with Crippen molar-refractivity contribution in [3.8, 4) is 0 Å². The highest BCUT2D eigenvalue weighted by atomic mass is 16.6. The van der Waals surface area contributed by atoms with E-state index in [0.29, 0.717) is 31.4 Å². The molecule has 2 heterocycles. The Kier molecular flexibility index (Phi) is 14.3. The van der Waals surface area contributed by atoms with Gasteiger partial charge in [0.15, 0.2) is 0 Å². The minimum atomic E-state index is -0.532. The summed E-state index contributed by atoms with van der Waals surface area (Å²) in [6.45, 7) is 14.9. The van der Waals surface area contributed by atoms with E-state index < -0.39 is 6.10 Å². The number of aliphatic hydroxyl groups is 1. The fraction of sp³-hybridized carbons (Fsp3) is 0.812. The van der Waals surface area contributed by atoms with Crippen LogP contribution in [0.4, 0.5) is 0 Å². The molecule has 2 N–H and O–H groups in total. The first-order chi connectivity index (χ1) is 18.9. The third-order valence-corrected chi connectivity index (χ3v) is 8.34. The third kappa shape index (κ3) is 11.3. The number of carbonyl (C=O) groups is 2. The molecule has 230 valence electrons. The Morgan fingerprint density at radius 3 is 2.52 bits per heavy atom. The lowest BCUT2D eigenvalue weighted by molar-refractivity contribution is -0.141. The highest BCUT2D eigenvalue weighted by molar-refractivity contribution is 5.75. The van der Waals surface area contributed by atoms with E-state index >= 15 is 0 Å². The molecular weight excluding hydrogens is 510 g/mol. The molecule has 2 saturated heterocycles. The summed E-state index contributed by atoms with van der Waals surface area (Å²) >= 11 is 0. The van der Waals surface area contributed by atoms with E-state index in [1.807, 2.05) is 0 Å². The lowest BCUT2D eigenvalue weighted by Crippen LogP contribution is -2.41. The molecule has 0 saturated carbocycles. The summed E-state index contributed by atoms with van der Waals surface area (Å²) in [6, 6.07) is 0. The molecule has 2 rings (SSSR count). The summed E-state index contributed by atoms with van der Waals surface area (Å²) in [4.78, 5) is 23.0. The molecule has 0 aliphatic carbocycles. The van der Waals surface area contributed by atoms with Crippen LogP contribution in [0.1, 0.15) is 93.4 Å². The third-order valence-electron chi connectivity index (χ3n) is 8.34. The molecule has 0 spiro atoms. The summed E-state index contributed by atoms with van der Waals surface area (Å²) in [7, 11) is 1.64. The second kappa shape index (κ2) is 16.6. The molecular formula is C32H55NO7. The highest BCUT2D eigenvalue weighted by Crippen LogP contribution is 2.47. The second-order valence-corrected chi connectivity index (χ2v) is 12.3. The van der Waals surface area contributed by atoms with Crippen LogP contribution in [-0.4, -0.2) is 73.4 Å². The number of esters is 1. The molecule has 0 bridgehead atoms. The molecule has 2 fully saturated rings. The Labute approximate surface area is 242 Å². The molecule has 0 aromatic heterocycles. The van der Waals surface area contributed by atoms with Gasteiger partial charge in [-0.05, 0) is 76.7 Å². The number of allylic oxidation sites excluding steroid dienone is 3. The molecule has 2 aliphatic rings. The Morgan fingerprint density at radius 2 is 1.88 bits per heavy atom. The molecule has 8 nitrogen and oxygen atoms in total. The maximum absolute atomic E-state index is 12.3. The molecule has 8 heteroatoms. The molecule has 0 aromatic carbocycles. The van der Waals surface area contributed by atoms with Crippen molar-refractivity contribution >= 4 is 11.9 Å². The van der Waals surface area contributed by atoms with Gasteiger partial charge in [0, 0.05) is 32.9 Å². The number of epoxide rings is 1. The zero-order valence-corrected chi connectivity index (χ0v) is 26.1. The van der Waals surface area contributed by atoms with Crippen molar-refractivity contribution in [2.24, 2.45) is 17.8 Å². The average Bonchev–Trinajstić information content (AvgIpc) is 3.55. The van der Waals surface area contributed by atoms with E-state index in [1.165, 1.54) is 12.5 Å². The Hall–Kier alpha value is -1.74. The van der Waals surface area contributed by atoms with Crippen molar-refractivity contribution in [1.82, 2.24) is 5.32 Å². The van der Waals surface area contributed by atoms with Gasteiger partial charge in [-0.3, -0.25) is 9.59 Å². The number of ether oxygens (including phenoxy) is 4. The van der Waals surface area contributed by atoms with Crippen molar-refractivity contribution in [2.75, 3.05) is 20.3 Å². The first-order valence-corrected chi connectivity index (χ1v) is 15.2. The van der Waals surface area contributed by atoms with Crippen LogP contribution in [0.3, 0.4) is 0 Å². The lowest BCUT2D eigenvalue weighted by Gasteiger charge is -2.35. The van der Waals surface area contributed by atoms with Crippen molar-refractivity contribution in [1.29, 1.82) is 0 Å². The number of nitrogens with one attached hydrogen (secondary N) is 1. The van der Waals surface area contributed by atoms with Gasteiger partial charge in [0.05, 0.1) is 42.7 Å². The number of amides is 1. The Balaban J connectivity index is 1.75. The standard InChI is InChI=1S/C32H55NO7/c1-21(19-32(7)31(40-32)24(4)30(37-8)25(5)34)13-12-14-22(2)29-23(3)16-17-27(39-29)20-33-28(36)15-10-9-11-18-38-26(6)35/h12-14,21,23-25,27,29-31,34H,9-11,15-20H2,1-8H3,(H,33,36)/b13-12+,22-14+/t21-,23+,24-,25-,27-,29-,30-,31-,32-/m1/s1. The van der Waals surface area contributed by atoms with Gasteiger partial charge in [-0.1, -0.05) is 39.0 Å². The average molecular weight is 566 g/mol. The van der Waals surface area contributed by atoms with Crippen LogP contribution in [0.25, 0.3) is 0 Å². The van der Waals surface area contributed by atoms with Gasteiger partial charge in [0.1, 0.15) is 0 Å². The summed E-state index contributed by atoms with van der Waals surface area (Å²) in [5.74, 6) is 0.669. The van der Waals surface area contributed by atoms with Gasteiger partial charge in [-0.25, -0.2) is 0 Å². The van der Waals surface area contributed by atoms with Gasteiger partial charge in [0.25, 0.3) is 0 Å². The van der Waals surface area contributed by atoms with Crippen LogP contribution < -0.4 is 5.32 Å². The van der Waals surface area contributed by atoms with Crippen LogP contribution in [0.2, 0.25) is 0 Å². The quantitative estimate of drug-likeness (QED) is 0.109. The predicted molar refractivity (Wildman–Crippen MR) is 157 cm³/mol. The van der Waals surface area contributed by atoms with E-state index in [-0.39, 0.29) is 47.8 Å². The van der Waals surface area contributed by atoms with Gasteiger partial charge >= 0.3 is 5.97 Å². The van der Waals surface area contributed by atoms with Crippen molar-refractivity contribution in [3.63, 3.8) is 0 Å².